The third kappa shape index (κ3) is 2.32. The zero-order valence-corrected chi connectivity index (χ0v) is 11.3. The lowest BCUT2D eigenvalue weighted by Gasteiger charge is -2.13. The molecule has 7 nitrogen and oxygen atoms in total. The van der Waals surface area contributed by atoms with Crippen molar-refractivity contribution >= 4 is 5.69 Å². The fourth-order valence-corrected chi connectivity index (χ4v) is 2.45. The van der Waals surface area contributed by atoms with Gasteiger partial charge in [0.25, 0.3) is 0 Å². The number of nitrogen functional groups attached to an aromatic ring is 1. The predicted molar refractivity (Wildman–Crippen MR) is 73.2 cm³/mol. The minimum atomic E-state index is 0.160. The van der Waals surface area contributed by atoms with E-state index in [1.54, 1.807) is 11.8 Å². The topological polar surface area (TPSA) is 88.1 Å². The first-order valence-electron chi connectivity index (χ1n) is 6.60. The monoisotopic (exact) mass is 275 g/mol. The summed E-state index contributed by atoms with van der Waals surface area (Å²) in [6.07, 6.45) is 2.27. The van der Waals surface area contributed by atoms with Crippen LogP contribution in [0.25, 0.3) is 11.4 Å². The number of nitrogens with zero attached hydrogens (tertiary/aromatic N) is 4. The molecular weight excluding hydrogens is 258 g/mol. The normalized spacial score (nSPS) is 18.4. The third-order valence-corrected chi connectivity index (χ3v) is 3.43. The zero-order valence-electron chi connectivity index (χ0n) is 11.3. The molecule has 1 fully saturated rings. The SMILES string of the molecule is COc1cccc(N)c1-c1nnnn1CC1CCCO1. The van der Waals surface area contributed by atoms with Crippen molar-refractivity contribution in [2.24, 2.45) is 0 Å². The van der Waals surface area contributed by atoms with Crippen LogP contribution in [0, 0.1) is 0 Å². The fourth-order valence-electron chi connectivity index (χ4n) is 2.45. The maximum Gasteiger partial charge on any atom is 0.187 e. The van der Waals surface area contributed by atoms with Crippen molar-refractivity contribution in [2.45, 2.75) is 25.5 Å². The van der Waals surface area contributed by atoms with Crippen LogP contribution >= 0.6 is 0 Å². The molecule has 0 aliphatic carbocycles. The van der Waals surface area contributed by atoms with Crippen LogP contribution in [-0.2, 0) is 11.3 Å². The third-order valence-electron chi connectivity index (χ3n) is 3.43. The average Bonchev–Trinajstić information content (AvgIpc) is 3.11. The Morgan fingerprint density at radius 3 is 3.15 bits per heavy atom. The zero-order chi connectivity index (χ0) is 13.9. The highest BCUT2D eigenvalue weighted by molar-refractivity contribution is 5.77. The van der Waals surface area contributed by atoms with E-state index in [1.807, 2.05) is 18.2 Å². The van der Waals surface area contributed by atoms with Gasteiger partial charge in [0.15, 0.2) is 5.82 Å². The van der Waals surface area contributed by atoms with E-state index in [4.69, 9.17) is 15.2 Å². The van der Waals surface area contributed by atoms with Crippen LogP contribution in [0.4, 0.5) is 5.69 Å². The summed E-state index contributed by atoms with van der Waals surface area (Å²) in [6, 6.07) is 5.49. The van der Waals surface area contributed by atoms with Gasteiger partial charge in [-0.3, -0.25) is 0 Å². The lowest BCUT2D eigenvalue weighted by atomic mass is 10.1. The highest BCUT2D eigenvalue weighted by Crippen LogP contribution is 2.33. The number of aromatic nitrogens is 4. The van der Waals surface area contributed by atoms with E-state index < -0.39 is 0 Å². The largest absolute Gasteiger partial charge is 0.496 e. The van der Waals surface area contributed by atoms with Crippen LogP contribution in [-0.4, -0.2) is 40.0 Å². The smallest absolute Gasteiger partial charge is 0.187 e. The second-order valence-electron chi connectivity index (χ2n) is 4.74. The molecule has 7 heteroatoms. The van der Waals surface area contributed by atoms with E-state index in [2.05, 4.69) is 15.5 Å². The van der Waals surface area contributed by atoms with E-state index in [1.165, 1.54) is 0 Å². The number of tetrazole rings is 1. The van der Waals surface area contributed by atoms with Crippen LogP contribution in [0.15, 0.2) is 18.2 Å². The van der Waals surface area contributed by atoms with Crippen molar-refractivity contribution in [3.05, 3.63) is 18.2 Å². The summed E-state index contributed by atoms with van der Waals surface area (Å²) >= 11 is 0. The van der Waals surface area contributed by atoms with Crippen molar-refractivity contribution in [1.29, 1.82) is 0 Å². The minimum absolute atomic E-state index is 0.160. The van der Waals surface area contributed by atoms with Gasteiger partial charge in [0, 0.05) is 12.3 Å². The maximum absolute atomic E-state index is 6.05. The molecule has 1 unspecified atom stereocenters. The van der Waals surface area contributed by atoms with Gasteiger partial charge >= 0.3 is 0 Å². The molecule has 1 atom stereocenters. The van der Waals surface area contributed by atoms with Gasteiger partial charge in [-0.25, -0.2) is 4.68 Å². The summed E-state index contributed by atoms with van der Waals surface area (Å²) in [4.78, 5) is 0. The quantitative estimate of drug-likeness (QED) is 0.841. The number of rotatable bonds is 4. The van der Waals surface area contributed by atoms with Crippen molar-refractivity contribution < 1.29 is 9.47 Å². The molecule has 1 aromatic carbocycles. The average molecular weight is 275 g/mol. The molecule has 0 amide bonds. The fraction of sp³-hybridized carbons (Fsp3) is 0.462. The standard InChI is InChI=1S/C13H17N5O2/c1-19-11-6-2-5-10(14)12(11)13-15-16-17-18(13)8-9-4-3-7-20-9/h2,5-6,9H,3-4,7-8,14H2,1H3. The Bertz CT molecular complexity index is 592. The maximum atomic E-state index is 6.05. The van der Waals surface area contributed by atoms with E-state index in [0.717, 1.165) is 25.0 Å². The number of nitrogens with two attached hydrogens (primary N) is 1. The molecule has 1 aliphatic rings. The van der Waals surface area contributed by atoms with Crippen LogP contribution in [0.2, 0.25) is 0 Å². The number of methoxy groups -OCH3 is 1. The summed E-state index contributed by atoms with van der Waals surface area (Å²) in [5.74, 6) is 1.27. The van der Waals surface area contributed by atoms with E-state index in [0.29, 0.717) is 23.8 Å². The van der Waals surface area contributed by atoms with Gasteiger partial charge in [-0.15, -0.1) is 5.10 Å². The lowest BCUT2D eigenvalue weighted by molar-refractivity contribution is 0.0939. The van der Waals surface area contributed by atoms with Gasteiger partial charge in [-0.2, -0.15) is 0 Å². The number of anilines is 1. The predicted octanol–water partition coefficient (Wildman–Crippen LogP) is 1.11. The van der Waals surface area contributed by atoms with Gasteiger partial charge in [0.05, 0.1) is 25.3 Å². The number of hydrogen-bond donors (Lipinski definition) is 1. The molecule has 0 bridgehead atoms. The Balaban J connectivity index is 1.96. The number of ether oxygens (including phenoxy) is 2. The summed E-state index contributed by atoms with van der Waals surface area (Å²) in [7, 11) is 1.60. The van der Waals surface area contributed by atoms with Crippen molar-refractivity contribution in [3.63, 3.8) is 0 Å². The second kappa shape index (κ2) is 5.46. The molecule has 0 radical (unpaired) electrons. The Labute approximate surface area is 116 Å². The van der Waals surface area contributed by atoms with Gasteiger partial charge in [0.2, 0.25) is 0 Å². The van der Waals surface area contributed by atoms with Gasteiger partial charge in [0.1, 0.15) is 5.75 Å². The first-order valence-corrected chi connectivity index (χ1v) is 6.60. The van der Waals surface area contributed by atoms with Crippen LogP contribution in [0.3, 0.4) is 0 Å². The molecular formula is C13H17N5O2. The Hall–Kier alpha value is -2.15. The Morgan fingerprint density at radius 2 is 2.40 bits per heavy atom. The van der Waals surface area contributed by atoms with Gasteiger partial charge in [-0.1, -0.05) is 6.07 Å². The van der Waals surface area contributed by atoms with Crippen molar-refractivity contribution in [1.82, 2.24) is 20.2 Å². The molecule has 3 rings (SSSR count). The van der Waals surface area contributed by atoms with Gasteiger partial charge < -0.3 is 15.2 Å². The minimum Gasteiger partial charge on any atom is -0.496 e. The molecule has 1 aliphatic heterocycles. The second-order valence-corrected chi connectivity index (χ2v) is 4.74. The van der Waals surface area contributed by atoms with Crippen molar-refractivity contribution in [2.75, 3.05) is 19.5 Å². The molecule has 2 aromatic rings. The Kier molecular flexibility index (Phi) is 3.51. The summed E-state index contributed by atoms with van der Waals surface area (Å²) < 4.78 is 12.7. The summed E-state index contributed by atoms with van der Waals surface area (Å²) in [5, 5.41) is 11.9. The first kappa shape index (κ1) is 12.9. The van der Waals surface area contributed by atoms with E-state index in [-0.39, 0.29) is 6.10 Å². The van der Waals surface area contributed by atoms with E-state index >= 15 is 0 Å². The molecule has 2 N–H and O–H groups in total. The van der Waals surface area contributed by atoms with Crippen molar-refractivity contribution in [3.8, 4) is 17.1 Å². The molecule has 1 aromatic heterocycles. The molecule has 0 saturated carbocycles. The summed E-state index contributed by atoms with van der Waals surface area (Å²) in [5.41, 5.74) is 7.36. The Morgan fingerprint density at radius 1 is 1.50 bits per heavy atom. The number of benzene rings is 1. The highest BCUT2D eigenvalue weighted by atomic mass is 16.5. The van der Waals surface area contributed by atoms with Crippen LogP contribution in [0.1, 0.15) is 12.8 Å². The lowest BCUT2D eigenvalue weighted by Crippen LogP contribution is -2.17. The van der Waals surface area contributed by atoms with Gasteiger partial charge in [-0.05, 0) is 35.4 Å². The first-order chi connectivity index (χ1) is 9.79. The van der Waals surface area contributed by atoms with Crippen LogP contribution < -0.4 is 10.5 Å². The highest BCUT2D eigenvalue weighted by Gasteiger charge is 2.22. The summed E-state index contributed by atoms with van der Waals surface area (Å²) in [6.45, 7) is 1.43. The van der Waals surface area contributed by atoms with E-state index in [9.17, 15) is 0 Å². The molecule has 1 saturated heterocycles. The van der Waals surface area contributed by atoms with Crippen LogP contribution in [0.5, 0.6) is 5.75 Å². The molecule has 2 heterocycles. The molecule has 20 heavy (non-hydrogen) atoms. The number of hydrogen-bond acceptors (Lipinski definition) is 6. The molecule has 0 spiro atoms. The molecule has 106 valence electrons.